The molecular weight excluding hydrogens is 250 g/mol. The number of benzene rings is 1. The van der Waals surface area contributed by atoms with Crippen molar-refractivity contribution in [2.75, 3.05) is 13.1 Å². The lowest BCUT2D eigenvalue weighted by atomic mass is 10.1. The monoisotopic (exact) mass is 268 g/mol. The lowest BCUT2D eigenvalue weighted by molar-refractivity contribution is -0.120. The van der Waals surface area contributed by atoms with Crippen molar-refractivity contribution in [1.82, 2.24) is 10.6 Å². The highest BCUT2D eigenvalue weighted by molar-refractivity contribution is 5.78. The van der Waals surface area contributed by atoms with Gasteiger partial charge in [0.25, 0.3) is 0 Å². The summed E-state index contributed by atoms with van der Waals surface area (Å²) in [5, 5.41) is 6.15. The third-order valence-corrected chi connectivity index (χ3v) is 3.33. The summed E-state index contributed by atoms with van der Waals surface area (Å²) in [7, 11) is 0. The predicted octanol–water partition coefficient (Wildman–Crippen LogP) is 1.77. The first-order chi connectivity index (χ1) is 9.15. The van der Waals surface area contributed by atoms with Crippen LogP contribution in [0.4, 0.5) is 8.78 Å². The summed E-state index contributed by atoms with van der Waals surface area (Å²) < 4.78 is 25.7. The first-order valence-corrected chi connectivity index (χ1v) is 6.59. The number of carbonyl (C=O) groups excluding carboxylic acids is 1. The summed E-state index contributed by atoms with van der Waals surface area (Å²) >= 11 is 0. The molecular formula is C14H18F2N2O. The number of hydrogen-bond donors (Lipinski definition) is 2. The number of hydrogen-bond acceptors (Lipinski definition) is 2. The van der Waals surface area contributed by atoms with Crippen molar-refractivity contribution in [3.63, 3.8) is 0 Å². The van der Waals surface area contributed by atoms with E-state index >= 15 is 0 Å². The molecule has 0 aliphatic carbocycles. The van der Waals surface area contributed by atoms with Crippen LogP contribution in [0.2, 0.25) is 0 Å². The molecule has 2 N–H and O–H groups in total. The summed E-state index contributed by atoms with van der Waals surface area (Å²) in [5.41, 5.74) is 0.482. The van der Waals surface area contributed by atoms with Crippen molar-refractivity contribution in [2.45, 2.75) is 31.7 Å². The maximum absolute atomic E-state index is 13.0. The van der Waals surface area contributed by atoms with Crippen LogP contribution in [0.25, 0.3) is 0 Å². The number of carbonyl (C=O) groups is 1. The van der Waals surface area contributed by atoms with Gasteiger partial charge in [0.2, 0.25) is 5.91 Å². The van der Waals surface area contributed by atoms with Crippen LogP contribution in [0.5, 0.6) is 0 Å². The first-order valence-electron chi connectivity index (χ1n) is 6.59. The second-order valence-corrected chi connectivity index (χ2v) is 4.86. The van der Waals surface area contributed by atoms with E-state index in [1.54, 1.807) is 0 Å². The molecule has 0 aromatic heterocycles. The van der Waals surface area contributed by atoms with Gasteiger partial charge in [-0.1, -0.05) is 6.07 Å². The molecule has 104 valence electrons. The Hall–Kier alpha value is -1.49. The van der Waals surface area contributed by atoms with Gasteiger partial charge in [0, 0.05) is 12.6 Å². The fraction of sp³-hybridized carbons (Fsp3) is 0.500. The molecule has 1 aromatic rings. The van der Waals surface area contributed by atoms with Crippen LogP contribution < -0.4 is 10.6 Å². The highest BCUT2D eigenvalue weighted by Crippen LogP contribution is 2.10. The van der Waals surface area contributed by atoms with E-state index in [9.17, 15) is 13.6 Å². The molecule has 19 heavy (non-hydrogen) atoms. The van der Waals surface area contributed by atoms with Crippen LogP contribution in [-0.4, -0.2) is 25.0 Å². The van der Waals surface area contributed by atoms with Gasteiger partial charge >= 0.3 is 0 Å². The predicted molar refractivity (Wildman–Crippen MR) is 68.7 cm³/mol. The average Bonchev–Trinajstić information content (AvgIpc) is 2.87. The number of halogens is 2. The molecule has 1 amide bonds. The van der Waals surface area contributed by atoms with Gasteiger partial charge < -0.3 is 10.6 Å². The third-order valence-electron chi connectivity index (χ3n) is 3.33. The summed E-state index contributed by atoms with van der Waals surface area (Å²) in [6, 6.07) is 4.02. The van der Waals surface area contributed by atoms with Crippen molar-refractivity contribution >= 4 is 5.91 Å². The van der Waals surface area contributed by atoms with Crippen LogP contribution in [0, 0.1) is 11.6 Å². The lowest BCUT2D eigenvalue weighted by Gasteiger charge is -2.10. The third kappa shape index (κ3) is 4.28. The standard InChI is InChI=1S/C14H18F2N2O/c15-12-4-3-10(8-13(12)16)9-14(19)18-7-5-11-2-1-6-17-11/h3-4,8,11,17H,1-2,5-7,9H2,(H,18,19)/t11-/m0/s1. The van der Waals surface area contributed by atoms with E-state index in [2.05, 4.69) is 10.6 Å². The van der Waals surface area contributed by atoms with Crippen molar-refractivity contribution in [3.05, 3.63) is 35.4 Å². The molecule has 3 nitrogen and oxygen atoms in total. The molecule has 1 aliphatic rings. The van der Waals surface area contributed by atoms with Gasteiger partial charge in [-0.2, -0.15) is 0 Å². The molecule has 2 rings (SSSR count). The van der Waals surface area contributed by atoms with E-state index in [4.69, 9.17) is 0 Å². The molecule has 1 aromatic carbocycles. The van der Waals surface area contributed by atoms with Gasteiger partial charge in [-0.3, -0.25) is 4.79 Å². The minimum Gasteiger partial charge on any atom is -0.356 e. The van der Waals surface area contributed by atoms with Gasteiger partial charge in [-0.25, -0.2) is 8.78 Å². The molecule has 0 bridgehead atoms. The van der Waals surface area contributed by atoms with Gasteiger partial charge in [0.1, 0.15) is 0 Å². The summed E-state index contributed by atoms with van der Waals surface area (Å²) in [4.78, 5) is 11.6. The number of nitrogens with one attached hydrogen (secondary N) is 2. The van der Waals surface area contributed by atoms with Crippen molar-refractivity contribution < 1.29 is 13.6 Å². The van der Waals surface area contributed by atoms with E-state index in [-0.39, 0.29) is 12.3 Å². The van der Waals surface area contributed by atoms with Crippen LogP contribution >= 0.6 is 0 Å². The Kier molecular flexibility index (Phi) is 4.85. The van der Waals surface area contributed by atoms with E-state index in [0.717, 1.165) is 31.5 Å². The second-order valence-electron chi connectivity index (χ2n) is 4.86. The van der Waals surface area contributed by atoms with Crippen LogP contribution in [0.1, 0.15) is 24.8 Å². The molecule has 1 aliphatic heterocycles. The highest BCUT2D eigenvalue weighted by atomic mass is 19.2. The zero-order valence-electron chi connectivity index (χ0n) is 10.7. The molecule has 1 saturated heterocycles. The SMILES string of the molecule is O=C(Cc1ccc(F)c(F)c1)NCC[C@@H]1CCCN1. The maximum atomic E-state index is 13.0. The van der Waals surface area contributed by atoms with E-state index in [1.165, 1.54) is 12.5 Å². The van der Waals surface area contributed by atoms with Crippen molar-refractivity contribution in [3.8, 4) is 0 Å². The van der Waals surface area contributed by atoms with E-state index < -0.39 is 11.6 Å². The Labute approximate surface area is 111 Å². The van der Waals surface area contributed by atoms with Crippen LogP contribution in [0.15, 0.2) is 18.2 Å². The molecule has 0 spiro atoms. The van der Waals surface area contributed by atoms with E-state index in [1.807, 2.05) is 0 Å². The van der Waals surface area contributed by atoms with Crippen LogP contribution in [-0.2, 0) is 11.2 Å². The molecule has 1 fully saturated rings. The Bertz CT molecular complexity index is 445. The summed E-state index contributed by atoms with van der Waals surface area (Å²) in [6.45, 7) is 1.66. The fourth-order valence-corrected chi connectivity index (χ4v) is 2.29. The topological polar surface area (TPSA) is 41.1 Å². The quantitative estimate of drug-likeness (QED) is 0.854. The fourth-order valence-electron chi connectivity index (χ4n) is 2.29. The van der Waals surface area contributed by atoms with E-state index in [0.29, 0.717) is 18.2 Å². The number of amides is 1. The smallest absolute Gasteiger partial charge is 0.224 e. The lowest BCUT2D eigenvalue weighted by Crippen LogP contribution is -2.31. The highest BCUT2D eigenvalue weighted by Gasteiger charge is 2.13. The van der Waals surface area contributed by atoms with Gasteiger partial charge in [0.05, 0.1) is 6.42 Å². The molecule has 0 saturated carbocycles. The Morgan fingerprint density at radius 1 is 1.37 bits per heavy atom. The van der Waals surface area contributed by atoms with Gasteiger partial charge in [0.15, 0.2) is 11.6 Å². The first kappa shape index (κ1) is 13.9. The minimum atomic E-state index is -0.916. The molecule has 1 heterocycles. The van der Waals surface area contributed by atoms with Crippen molar-refractivity contribution in [1.29, 1.82) is 0 Å². The molecule has 1 atom stereocenters. The Morgan fingerprint density at radius 3 is 2.89 bits per heavy atom. The van der Waals surface area contributed by atoms with Crippen molar-refractivity contribution in [2.24, 2.45) is 0 Å². The summed E-state index contributed by atoms with van der Waals surface area (Å²) in [5.74, 6) is -1.97. The number of rotatable bonds is 5. The molecule has 0 unspecified atom stereocenters. The van der Waals surface area contributed by atoms with Crippen LogP contribution in [0.3, 0.4) is 0 Å². The normalized spacial score (nSPS) is 18.5. The molecule has 5 heteroatoms. The summed E-state index contributed by atoms with van der Waals surface area (Å²) in [6.07, 6.45) is 3.32. The largest absolute Gasteiger partial charge is 0.356 e. The average molecular weight is 268 g/mol. The zero-order valence-corrected chi connectivity index (χ0v) is 10.7. The zero-order chi connectivity index (χ0) is 13.7. The Morgan fingerprint density at radius 2 is 2.21 bits per heavy atom. The molecule has 0 radical (unpaired) electrons. The minimum absolute atomic E-state index is 0.0787. The second kappa shape index (κ2) is 6.61. The maximum Gasteiger partial charge on any atom is 0.224 e. The van der Waals surface area contributed by atoms with Gasteiger partial charge in [-0.15, -0.1) is 0 Å². The Balaban J connectivity index is 1.72. The van der Waals surface area contributed by atoms with Gasteiger partial charge in [-0.05, 0) is 43.5 Å².